The van der Waals surface area contributed by atoms with Crippen LogP contribution in [-0.2, 0) is 0 Å². The second kappa shape index (κ2) is 7.98. The van der Waals surface area contributed by atoms with Gasteiger partial charge in [0.1, 0.15) is 11.5 Å². The van der Waals surface area contributed by atoms with Gasteiger partial charge in [0, 0.05) is 39.5 Å². The molecule has 5 heteroatoms. The summed E-state index contributed by atoms with van der Waals surface area (Å²) >= 11 is 0. The summed E-state index contributed by atoms with van der Waals surface area (Å²) in [6.45, 7) is 0. The van der Waals surface area contributed by atoms with Crippen LogP contribution in [-0.4, -0.2) is 23.9 Å². The second-order valence-electron chi connectivity index (χ2n) is 10.1. The third-order valence-electron chi connectivity index (χ3n) is 7.97. The average Bonchev–Trinajstić information content (AvgIpc) is 3.58. The number of imidazole rings is 1. The van der Waals surface area contributed by atoms with Crippen molar-refractivity contribution in [3.05, 3.63) is 128 Å². The monoisotopic (exact) mass is 511 g/mol. The van der Waals surface area contributed by atoms with Crippen LogP contribution >= 0.6 is 0 Å². The molecule has 0 saturated carbocycles. The summed E-state index contributed by atoms with van der Waals surface area (Å²) < 4.78 is 4.66. The molecule has 186 valence electrons. The summed E-state index contributed by atoms with van der Waals surface area (Å²) in [7, 11) is 0. The lowest BCUT2D eigenvalue weighted by Crippen LogP contribution is -2.01. The van der Waals surface area contributed by atoms with Crippen molar-refractivity contribution >= 4 is 60.2 Å². The first-order valence-electron chi connectivity index (χ1n) is 13.4. The Labute approximate surface area is 228 Å². The highest BCUT2D eigenvalue weighted by molar-refractivity contribution is 6.24. The Morgan fingerprint density at radius 1 is 0.500 bits per heavy atom. The third-order valence-corrected chi connectivity index (χ3v) is 7.97. The smallest absolute Gasteiger partial charge is 0.146 e. The maximum Gasteiger partial charge on any atom is 0.146 e. The maximum absolute atomic E-state index is 5.18. The van der Waals surface area contributed by atoms with Crippen LogP contribution in [0.25, 0.3) is 77.2 Å². The Kier molecular flexibility index (Phi) is 4.27. The predicted octanol–water partition coefficient (Wildman–Crippen LogP) is 8.35. The molecule has 40 heavy (non-hydrogen) atoms. The van der Waals surface area contributed by atoms with Crippen LogP contribution < -0.4 is 0 Å². The van der Waals surface area contributed by atoms with Crippen LogP contribution in [0.15, 0.2) is 128 Å². The van der Waals surface area contributed by atoms with E-state index >= 15 is 0 Å². The molecular formula is C35H21N5. The Morgan fingerprint density at radius 3 is 2.10 bits per heavy atom. The van der Waals surface area contributed by atoms with Crippen molar-refractivity contribution in [3.63, 3.8) is 0 Å². The molecule has 0 aliphatic rings. The van der Waals surface area contributed by atoms with Gasteiger partial charge in [-0.05, 0) is 47.9 Å². The number of aromatic nitrogens is 5. The van der Waals surface area contributed by atoms with E-state index < -0.39 is 0 Å². The summed E-state index contributed by atoms with van der Waals surface area (Å²) in [4.78, 5) is 14.6. The van der Waals surface area contributed by atoms with Gasteiger partial charge in [-0.3, -0.25) is 14.0 Å². The molecule has 9 rings (SSSR count). The molecule has 0 saturated heterocycles. The van der Waals surface area contributed by atoms with E-state index in [9.17, 15) is 0 Å². The Morgan fingerprint density at radius 2 is 1.25 bits per heavy atom. The van der Waals surface area contributed by atoms with Gasteiger partial charge in [-0.2, -0.15) is 0 Å². The van der Waals surface area contributed by atoms with Crippen molar-refractivity contribution in [3.8, 4) is 17.1 Å². The summed E-state index contributed by atoms with van der Waals surface area (Å²) in [5.74, 6) is 0.866. The first-order chi connectivity index (χ1) is 19.9. The maximum atomic E-state index is 5.18. The van der Waals surface area contributed by atoms with Gasteiger partial charge in [-0.25, -0.2) is 9.97 Å². The van der Waals surface area contributed by atoms with E-state index in [1.165, 1.54) is 21.5 Å². The van der Waals surface area contributed by atoms with Crippen LogP contribution in [0.4, 0.5) is 0 Å². The molecule has 4 aromatic carbocycles. The number of nitrogens with zero attached hydrogens (tertiary/aromatic N) is 5. The minimum Gasteiger partial charge on any atom is -0.292 e. The predicted molar refractivity (Wildman–Crippen MR) is 163 cm³/mol. The quantitative estimate of drug-likeness (QED) is 0.219. The van der Waals surface area contributed by atoms with E-state index in [4.69, 9.17) is 9.97 Å². The normalized spacial score (nSPS) is 12.0. The molecule has 5 aromatic heterocycles. The van der Waals surface area contributed by atoms with Crippen LogP contribution in [0.2, 0.25) is 0 Å². The zero-order valence-corrected chi connectivity index (χ0v) is 21.4. The molecule has 0 spiro atoms. The van der Waals surface area contributed by atoms with Crippen LogP contribution in [0.1, 0.15) is 0 Å². The van der Waals surface area contributed by atoms with Crippen LogP contribution in [0.5, 0.6) is 0 Å². The van der Waals surface area contributed by atoms with Crippen molar-refractivity contribution in [2.24, 2.45) is 0 Å². The number of hydrogen-bond donors (Lipinski definition) is 0. The van der Waals surface area contributed by atoms with Gasteiger partial charge < -0.3 is 0 Å². The minimum atomic E-state index is 0.866. The average molecular weight is 512 g/mol. The largest absolute Gasteiger partial charge is 0.292 e. The first-order valence-corrected chi connectivity index (χ1v) is 13.4. The van der Waals surface area contributed by atoms with Crippen molar-refractivity contribution in [2.75, 3.05) is 0 Å². The summed E-state index contributed by atoms with van der Waals surface area (Å²) in [6, 6.07) is 40.3. The molecule has 0 unspecified atom stereocenters. The molecule has 0 radical (unpaired) electrons. The molecule has 5 heterocycles. The van der Waals surface area contributed by atoms with Crippen molar-refractivity contribution in [1.29, 1.82) is 0 Å². The Hall–Kier alpha value is -5.55. The van der Waals surface area contributed by atoms with Gasteiger partial charge in [-0.15, -0.1) is 0 Å². The first kappa shape index (κ1) is 21.4. The molecule has 9 aromatic rings. The van der Waals surface area contributed by atoms with Crippen LogP contribution in [0.3, 0.4) is 0 Å². The zero-order valence-electron chi connectivity index (χ0n) is 21.4. The fourth-order valence-electron chi connectivity index (χ4n) is 6.29. The van der Waals surface area contributed by atoms with Crippen molar-refractivity contribution in [1.82, 2.24) is 23.9 Å². The van der Waals surface area contributed by atoms with Crippen molar-refractivity contribution < 1.29 is 0 Å². The standard InChI is InChI=1S/C35H21N5/c1-2-12-27-23(10-1)25-18-19-26-24-11-3-5-15-30(24)39(32-17-7-14-28(37-32)22-9-8-20-36-21-22)33(26)34(25)40-31-16-6-4-13-29(31)38-35(27)40/h1-21H. The number of rotatable bonds is 2. The molecule has 0 fully saturated rings. The van der Waals surface area contributed by atoms with Gasteiger partial charge >= 0.3 is 0 Å². The number of hydrogen-bond acceptors (Lipinski definition) is 3. The molecule has 0 atom stereocenters. The summed E-state index contributed by atoms with van der Waals surface area (Å²) in [5, 5.41) is 5.90. The zero-order chi connectivity index (χ0) is 26.2. The van der Waals surface area contributed by atoms with E-state index in [-0.39, 0.29) is 0 Å². The van der Waals surface area contributed by atoms with Gasteiger partial charge in [0.05, 0.1) is 33.3 Å². The van der Waals surface area contributed by atoms with Crippen LogP contribution in [0, 0.1) is 0 Å². The van der Waals surface area contributed by atoms with E-state index in [0.29, 0.717) is 0 Å². The van der Waals surface area contributed by atoms with E-state index in [1.807, 2.05) is 24.4 Å². The fourth-order valence-corrected chi connectivity index (χ4v) is 6.29. The van der Waals surface area contributed by atoms with Gasteiger partial charge in [-0.1, -0.05) is 72.8 Å². The van der Waals surface area contributed by atoms with E-state index in [1.54, 1.807) is 6.20 Å². The lowest BCUT2D eigenvalue weighted by Gasteiger charge is -2.14. The highest BCUT2D eigenvalue weighted by atomic mass is 15.1. The summed E-state index contributed by atoms with van der Waals surface area (Å²) in [5.41, 5.74) is 8.28. The highest BCUT2D eigenvalue weighted by Gasteiger charge is 2.21. The number of para-hydroxylation sites is 3. The van der Waals surface area contributed by atoms with Gasteiger partial charge in [0.2, 0.25) is 0 Å². The lowest BCUT2D eigenvalue weighted by molar-refractivity contribution is 1.08. The summed E-state index contributed by atoms with van der Waals surface area (Å²) in [6.07, 6.45) is 3.65. The molecule has 0 N–H and O–H groups in total. The second-order valence-corrected chi connectivity index (χ2v) is 10.1. The highest BCUT2D eigenvalue weighted by Crippen LogP contribution is 2.40. The molecule has 0 aliphatic carbocycles. The molecule has 0 bridgehead atoms. The molecule has 0 aliphatic heterocycles. The lowest BCUT2D eigenvalue weighted by atomic mass is 10.0. The topological polar surface area (TPSA) is 48.0 Å². The van der Waals surface area contributed by atoms with E-state index in [0.717, 1.165) is 55.7 Å². The molecule has 0 amide bonds. The van der Waals surface area contributed by atoms with Crippen molar-refractivity contribution in [2.45, 2.75) is 0 Å². The fraction of sp³-hybridized carbons (Fsp3) is 0. The number of pyridine rings is 3. The molecular weight excluding hydrogens is 490 g/mol. The minimum absolute atomic E-state index is 0.866. The van der Waals surface area contributed by atoms with Gasteiger partial charge in [0.15, 0.2) is 0 Å². The Bertz CT molecular complexity index is 2430. The van der Waals surface area contributed by atoms with Gasteiger partial charge in [0.25, 0.3) is 0 Å². The Balaban J connectivity index is 1.54. The van der Waals surface area contributed by atoms with E-state index in [2.05, 4.69) is 111 Å². The third kappa shape index (κ3) is 2.83. The number of benzene rings is 4. The number of fused-ring (bicyclic) bond motifs is 12. The SMILES string of the molecule is c1cncc(-c2cccc(-n3c4ccccc4c4ccc5c6ccccc6c6nc7ccccc7n6c5c43)n2)c1. The molecule has 5 nitrogen and oxygen atoms in total.